The Hall–Kier alpha value is -2.29. The number of imidazole rings is 1. The molecule has 1 amide bonds. The van der Waals surface area contributed by atoms with Gasteiger partial charge in [0.15, 0.2) is 5.79 Å². The molecule has 0 radical (unpaired) electrons. The molecule has 2 aromatic rings. The highest BCUT2D eigenvalue weighted by Crippen LogP contribution is 2.26. The second-order valence-corrected chi connectivity index (χ2v) is 7.33. The molecule has 8 heteroatoms. The van der Waals surface area contributed by atoms with E-state index in [4.69, 9.17) is 9.47 Å². The summed E-state index contributed by atoms with van der Waals surface area (Å²) in [6.07, 6.45) is 4.58. The van der Waals surface area contributed by atoms with Gasteiger partial charge in [0.1, 0.15) is 11.6 Å². The summed E-state index contributed by atoms with van der Waals surface area (Å²) in [6.45, 7) is 3.67. The Morgan fingerprint density at radius 1 is 1.21 bits per heavy atom. The molecule has 0 N–H and O–H groups in total. The highest BCUT2D eigenvalue weighted by Gasteiger charge is 2.42. The van der Waals surface area contributed by atoms with Crippen LogP contribution >= 0.6 is 0 Å². The van der Waals surface area contributed by atoms with Crippen LogP contribution in [0.3, 0.4) is 0 Å². The van der Waals surface area contributed by atoms with E-state index in [1.807, 2.05) is 17.8 Å². The lowest BCUT2D eigenvalue weighted by molar-refractivity contribution is -0.261. The predicted octanol–water partition coefficient (Wildman–Crippen LogP) is 1.65. The van der Waals surface area contributed by atoms with Gasteiger partial charge in [-0.1, -0.05) is 12.1 Å². The molecule has 1 aromatic carbocycles. The van der Waals surface area contributed by atoms with Crippen molar-refractivity contribution in [1.29, 1.82) is 0 Å². The molecule has 2 saturated heterocycles. The van der Waals surface area contributed by atoms with E-state index in [-0.39, 0.29) is 18.0 Å². The van der Waals surface area contributed by atoms with Crippen molar-refractivity contribution in [2.75, 3.05) is 39.4 Å². The van der Waals surface area contributed by atoms with E-state index in [2.05, 4.69) is 9.88 Å². The molecule has 4 rings (SSSR count). The van der Waals surface area contributed by atoms with Gasteiger partial charge in [-0.05, 0) is 18.6 Å². The van der Waals surface area contributed by atoms with Crippen molar-refractivity contribution in [2.24, 2.45) is 7.05 Å². The summed E-state index contributed by atoms with van der Waals surface area (Å²) in [5, 5.41) is 0. The minimum atomic E-state index is -0.902. The summed E-state index contributed by atoms with van der Waals surface area (Å²) in [5.74, 6) is -0.774. The highest BCUT2D eigenvalue weighted by molar-refractivity contribution is 5.94. The number of aryl methyl sites for hydroxylation is 1. The molecule has 3 heterocycles. The molecule has 2 aliphatic heterocycles. The monoisotopic (exact) mass is 388 g/mol. The number of aromatic nitrogens is 2. The van der Waals surface area contributed by atoms with E-state index in [0.29, 0.717) is 32.8 Å². The molecular formula is C20H25FN4O3. The predicted molar refractivity (Wildman–Crippen MR) is 100 cm³/mol. The molecule has 0 saturated carbocycles. The summed E-state index contributed by atoms with van der Waals surface area (Å²) in [5.41, 5.74) is 0.0815. The van der Waals surface area contributed by atoms with Crippen molar-refractivity contribution in [3.05, 3.63) is 53.9 Å². The minimum absolute atomic E-state index is 0.0815. The van der Waals surface area contributed by atoms with Gasteiger partial charge in [-0.2, -0.15) is 0 Å². The topological polar surface area (TPSA) is 59.8 Å². The summed E-state index contributed by atoms with van der Waals surface area (Å²) < 4.78 is 28.2. The number of benzene rings is 1. The van der Waals surface area contributed by atoms with Gasteiger partial charge < -0.3 is 18.9 Å². The van der Waals surface area contributed by atoms with Gasteiger partial charge in [-0.25, -0.2) is 9.37 Å². The fourth-order valence-electron chi connectivity index (χ4n) is 3.81. The molecule has 1 unspecified atom stereocenters. The third-order valence-electron chi connectivity index (χ3n) is 5.28. The number of morpholine rings is 1. The van der Waals surface area contributed by atoms with Crippen molar-refractivity contribution in [1.82, 2.24) is 19.4 Å². The first-order valence-electron chi connectivity index (χ1n) is 9.57. The van der Waals surface area contributed by atoms with E-state index in [9.17, 15) is 9.18 Å². The van der Waals surface area contributed by atoms with Crippen LogP contribution in [0.5, 0.6) is 0 Å². The molecule has 0 bridgehead atoms. The van der Waals surface area contributed by atoms with Crippen LogP contribution in [0.4, 0.5) is 4.39 Å². The Morgan fingerprint density at radius 2 is 2.04 bits per heavy atom. The zero-order chi connectivity index (χ0) is 19.6. The van der Waals surface area contributed by atoms with E-state index in [1.54, 1.807) is 23.2 Å². The maximum Gasteiger partial charge on any atom is 0.257 e. The van der Waals surface area contributed by atoms with Crippen molar-refractivity contribution < 1.29 is 18.7 Å². The van der Waals surface area contributed by atoms with Crippen LogP contribution < -0.4 is 0 Å². The number of amides is 1. The zero-order valence-corrected chi connectivity index (χ0v) is 16.0. The minimum Gasteiger partial charge on any atom is -0.347 e. The molecule has 0 aliphatic carbocycles. The van der Waals surface area contributed by atoms with Crippen molar-refractivity contribution in [3.63, 3.8) is 0 Å². The smallest absolute Gasteiger partial charge is 0.257 e. The Labute approximate surface area is 163 Å². The lowest BCUT2D eigenvalue weighted by Crippen LogP contribution is -2.59. The summed E-state index contributed by atoms with van der Waals surface area (Å²) in [6, 6.07) is 6.07. The third kappa shape index (κ3) is 3.94. The van der Waals surface area contributed by atoms with Crippen molar-refractivity contribution >= 4 is 5.91 Å². The van der Waals surface area contributed by atoms with Crippen molar-refractivity contribution in [2.45, 2.75) is 18.8 Å². The van der Waals surface area contributed by atoms with Gasteiger partial charge in [-0.15, -0.1) is 0 Å². The lowest BCUT2D eigenvalue weighted by Gasteiger charge is -2.43. The van der Waals surface area contributed by atoms with Gasteiger partial charge in [0.05, 0.1) is 38.4 Å². The SMILES string of the molecule is Cn1ccnc1CN1CCCOC2(C1)CN(C(=O)c1ccccc1F)CCO2. The standard InChI is InChI=1S/C20H25FN4O3/c1-23-9-7-22-18(23)13-24-8-4-11-27-20(14-24)15-25(10-12-28-20)19(26)16-5-2-3-6-17(16)21/h2-3,5-7,9H,4,8,10-15H2,1H3. The van der Waals surface area contributed by atoms with Crippen LogP contribution in [0.15, 0.2) is 36.7 Å². The second kappa shape index (κ2) is 7.98. The maximum absolute atomic E-state index is 14.1. The number of hydrogen-bond acceptors (Lipinski definition) is 5. The number of nitrogens with zero attached hydrogens (tertiary/aromatic N) is 4. The molecule has 1 aromatic heterocycles. The van der Waals surface area contributed by atoms with Gasteiger partial charge in [0.2, 0.25) is 0 Å². The average Bonchev–Trinajstić information content (AvgIpc) is 2.99. The lowest BCUT2D eigenvalue weighted by atomic mass is 10.1. The Kier molecular flexibility index (Phi) is 5.43. The Bertz CT molecular complexity index is 842. The van der Waals surface area contributed by atoms with Crippen LogP contribution in [0.25, 0.3) is 0 Å². The van der Waals surface area contributed by atoms with Gasteiger partial charge in [0, 0.05) is 32.5 Å². The molecule has 1 spiro atoms. The van der Waals surface area contributed by atoms with E-state index < -0.39 is 11.6 Å². The first-order valence-corrected chi connectivity index (χ1v) is 9.57. The molecule has 1 atom stereocenters. The Balaban J connectivity index is 1.50. The van der Waals surface area contributed by atoms with E-state index >= 15 is 0 Å². The number of rotatable bonds is 3. The fraction of sp³-hybridized carbons (Fsp3) is 0.500. The first kappa shape index (κ1) is 19.0. The maximum atomic E-state index is 14.1. The molecule has 7 nitrogen and oxygen atoms in total. The molecular weight excluding hydrogens is 363 g/mol. The highest BCUT2D eigenvalue weighted by atomic mass is 19.1. The summed E-state index contributed by atoms with van der Waals surface area (Å²) >= 11 is 0. The van der Waals surface area contributed by atoms with Crippen molar-refractivity contribution in [3.8, 4) is 0 Å². The van der Waals surface area contributed by atoms with Crippen LogP contribution in [0.2, 0.25) is 0 Å². The zero-order valence-electron chi connectivity index (χ0n) is 16.0. The number of carbonyl (C=O) groups excluding carboxylic acids is 1. The second-order valence-electron chi connectivity index (χ2n) is 7.33. The average molecular weight is 388 g/mol. The number of hydrogen-bond donors (Lipinski definition) is 0. The van der Waals surface area contributed by atoms with E-state index in [1.165, 1.54) is 12.1 Å². The number of carbonyl (C=O) groups is 1. The van der Waals surface area contributed by atoms with Crippen LogP contribution in [-0.4, -0.2) is 70.4 Å². The quantitative estimate of drug-likeness (QED) is 0.800. The Morgan fingerprint density at radius 3 is 2.82 bits per heavy atom. The number of ether oxygens (including phenoxy) is 2. The summed E-state index contributed by atoms with van der Waals surface area (Å²) in [7, 11) is 1.97. The van der Waals surface area contributed by atoms with Gasteiger partial charge in [-0.3, -0.25) is 9.69 Å². The van der Waals surface area contributed by atoms with Gasteiger partial charge in [0.25, 0.3) is 5.91 Å². The van der Waals surface area contributed by atoms with Crippen LogP contribution in [-0.2, 0) is 23.1 Å². The fourth-order valence-corrected chi connectivity index (χ4v) is 3.81. The van der Waals surface area contributed by atoms with E-state index in [0.717, 1.165) is 18.8 Å². The van der Waals surface area contributed by atoms with Gasteiger partial charge >= 0.3 is 0 Å². The summed E-state index contributed by atoms with van der Waals surface area (Å²) in [4.78, 5) is 21.1. The normalized spacial score (nSPS) is 23.7. The molecule has 2 fully saturated rings. The van der Waals surface area contributed by atoms with Crippen LogP contribution in [0.1, 0.15) is 22.6 Å². The number of halogens is 1. The largest absolute Gasteiger partial charge is 0.347 e. The first-order chi connectivity index (χ1) is 13.6. The third-order valence-corrected chi connectivity index (χ3v) is 5.28. The van der Waals surface area contributed by atoms with Crippen LogP contribution in [0, 0.1) is 5.82 Å². The molecule has 150 valence electrons. The molecule has 28 heavy (non-hydrogen) atoms. The molecule has 2 aliphatic rings.